The lowest BCUT2D eigenvalue weighted by molar-refractivity contribution is -0.148. The molecule has 0 bridgehead atoms. The second-order valence-corrected chi connectivity index (χ2v) is 3.06. The van der Waals surface area contributed by atoms with E-state index in [1.54, 1.807) is 6.92 Å². The van der Waals surface area contributed by atoms with Crippen molar-refractivity contribution in [2.45, 2.75) is 46.1 Å². The van der Waals surface area contributed by atoms with Crippen molar-refractivity contribution < 1.29 is 14.3 Å². The molecular weight excluding hydrogens is 168 g/mol. The maximum Gasteiger partial charge on any atom is 0.305 e. The highest BCUT2D eigenvalue weighted by Crippen LogP contribution is 2.00. The molecule has 0 unspecified atom stereocenters. The zero-order valence-electron chi connectivity index (χ0n) is 8.84. The molecule has 0 N–H and O–H groups in total. The number of rotatable bonds is 7. The van der Waals surface area contributed by atoms with Crippen LogP contribution in [0.2, 0.25) is 0 Å². The van der Waals surface area contributed by atoms with Gasteiger partial charge in [-0.05, 0) is 13.3 Å². The molecule has 0 aliphatic rings. The molecule has 0 saturated carbocycles. The average molecular weight is 188 g/mol. The lowest BCUT2D eigenvalue weighted by Gasteiger charge is -2.12. The molecule has 0 amide bonds. The summed E-state index contributed by atoms with van der Waals surface area (Å²) in [6.45, 7) is 7.21. The number of hydrogen-bond acceptors (Lipinski definition) is 3. The van der Waals surface area contributed by atoms with Crippen molar-refractivity contribution >= 4 is 5.97 Å². The fourth-order valence-corrected chi connectivity index (χ4v) is 0.862. The van der Waals surface area contributed by atoms with Crippen molar-refractivity contribution in [3.8, 4) is 0 Å². The van der Waals surface area contributed by atoms with Gasteiger partial charge >= 0.3 is 5.97 Å². The van der Waals surface area contributed by atoms with E-state index >= 15 is 0 Å². The Labute approximate surface area is 80.4 Å². The Hall–Kier alpha value is -0.570. The Bertz CT molecular complexity index is 134. The van der Waals surface area contributed by atoms with Crippen LogP contribution < -0.4 is 0 Å². The monoisotopic (exact) mass is 188 g/mol. The smallest absolute Gasteiger partial charge is 0.305 e. The fraction of sp³-hybridized carbons (Fsp3) is 0.900. The predicted octanol–water partition coefficient (Wildman–Crippen LogP) is 2.14. The Balaban J connectivity index is 3.29. The van der Waals surface area contributed by atoms with E-state index in [1.807, 2.05) is 6.92 Å². The molecular formula is C10H20O3. The predicted molar refractivity (Wildman–Crippen MR) is 51.6 cm³/mol. The van der Waals surface area contributed by atoms with Gasteiger partial charge in [0.05, 0.1) is 6.61 Å². The molecule has 0 aliphatic carbocycles. The summed E-state index contributed by atoms with van der Waals surface area (Å²) in [6, 6.07) is 0. The van der Waals surface area contributed by atoms with Gasteiger partial charge in [-0.25, -0.2) is 0 Å². The summed E-state index contributed by atoms with van der Waals surface area (Å²) in [5.41, 5.74) is 0. The quantitative estimate of drug-likeness (QED) is 0.453. The molecule has 0 aromatic rings. The molecule has 0 aliphatic heterocycles. The van der Waals surface area contributed by atoms with Gasteiger partial charge in [0, 0.05) is 19.4 Å². The number of carbonyl (C=O) groups excluding carboxylic acids is 1. The largest absolute Gasteiger partial charge is 0.463 e. The first kappa shape index (κ1) is 12.4. The molecule has 0 spiro atoms. The van der Waals surface area contributed by atoms with E-state index in [9.17, 15) is 4.79 Å². The van der Waals surface area contributed by atoms with E-state index in [0.717, 1.165) is 19.4 Å². The Kier molecular flexibility index (Phi) is 7.69. The van der Waals surface area contributed by atoms with Crippen molar-refractivity contribution in [1.82, 2.24) is 0 Å². The van der Waals surface area contributed by atoms with Crippen LogP contribution in [0.25, 0.3) is 0 Å². The van der Waals surface area contributed by atoms with Crippen LogP contribution in [-0.4, -0.2) is 25.3 Å². The van der Waals surface area contributed by atoms with E-state index < -0.39 is 0 Å². The molecule has 3 nitrogen and oxygen atoms in total. The van der Waals surface area contributed by atoms with E-state index in [1.165, 1.54) is 0 Å². The van der Waals surface area contributed by atoms with Crippen molar-refractivity contribution in [3.05, 3.63) is 0 Å². The van der Waals surface area contributed by atoms with Crippen LogP contribution in [-0.2, 0) is 14.3 Å². The molecule has 0 aromatic heterocycles. The standard InChI is InChI=1S/C10H20O3/c1-4-7-12-8-6-9(3)13-10(11)5-2/h9H,4-8H2,1-3H3/t9-/m0/s1. The first-order chi connectivity index (χ1) is 6.20. The third-order valence-corrected chi connectivity index (χ3v) is 1.64. The highest BCUT2D eigenvalue weighted by atomic mass is 16.5. The third-order valence-electron chi connectivity index (χ3n) is 1.64. The Morgan fingerprint density at radius 2 is 2.00 bits per heavy atom. The van der Waals surface area contributed by atoms with Crippen LogP contribution in [0.1, 0.15) is 40.0 Å². The Morgan fingerprint density at radius 1 is 1.31 bits per heavy atom. The maximum atomic E-state index is 10.8. The number of hydrogen-bond donors (Lipinski definition) is 0. The van der Waals surface area contributed by atoms with E-state index in [-0.39, 0.29) is 12.1 Å². The molecule has 78 valence electrons. The maximum absolute atomic E-state index is 10.8. The molecule has 0 heterocycles. The van der Waals surface area contributed by atoms with Crippen LogP contribution in [0.3, 0.4) is 0 Å². The minimum atomic E-state index is -0.136. The summed E-state index contributed by atoms with van der Waals surface area (Å²) < 4.78 is 10.3. The highest BCUT2D eigenvalue weighted by molar-refractivity contribution is 5.69. The van der Waals surface area contributed by atoms with Crippen LogP contribution in [0.15, 0.2) is 0 Å². The average Bonchev–Trinajstić information content (AvgIpc) is 2.12. The van der Waals surface area contributed by atoms with Gasteiger partial charge in [-0.2, -0.15) is 0 Å². The minimum absolute atomic E-state index is 0.0238. The number of ether oxygens (including phenoxy) is 2. The number of carbonyl (C=O) groups is 1. The van der Waals surface area contributed by atoms with Gasteiger partial charge in [-0.15, -0.1) is 0 Å². The van der Waals surface area contributed by atoms with Crippen molar-refractivity contribution in [2.75, 3.05) is 13.2 Å². The van der Waals surface area contributed by atoms with Gasteiger partial charge in [-0.3, -0.25) is 4.79 Å². The summed E-state index contributed by atoms with van der Waals surface area (Å²) in [6.07, 6.45) is 2.24. The molecule has 3 heteroatoms. The van der Waals surface area contributed by atoms with Crippen LogP contribution in [0.5, 0.6) is 0 Å². The molecule has 0 saturated heterocycles. The van der Waals surface area contributed by atoms with Gasteiger partial charge in [0.25, 0.3) is 0 Å². The van der Waals surface area contributed by atoms with Crippen molar-refractivity contribution in [2.24, 2.45) is 0 Å². The lowest BCUT2D eigenvalue weighted by atomic mass is 10.3. The van der Waals surface area contributed by atoms with Crippen LogP contribution >= 0.6 is 0 Å². The normalized spacial score (nSPS) is 12.5. The first-order valence-electron chi connectivity index (χ1n) is 4.97. The first-order valence-corrected chi connectivity index (χ1v) is 4.97. The van der Waals surface area contributed by atoms with Crippen LogP contribution in [0.4, 0.5) is 0 Å². The van der Waals surface area contributed by atoms with E-state index in [2.05, 4.69) is 6.92 Å². The van der Waals surface area contributed by atoms with Crippen molar-refractivity contribution in [1.29, 1.82) is 0 Å². The highest BCUT2D eigenvalue weighted by Gasteiger charge is 2.06. The molecule has 1 atom stereocenters. The molecule has 0 aromatic carbocycles. The van der Waals surface area contributed by atoms with Gasteiger partial charge in [-0.1, -0.05) is 13.8 Å². The van der Waals surface area contributed by atoms with Gasteiger partial charge in [0.1, 0.15) is 6.10 Å². The van der Waals surface area contributed by atoms with Gasteiger partial charge < -0.3 is 9.47 Å². The summed E-state index contributed by atoms with van der Waals surface area (Å²) in [7, 11) is 0. The third kappa shape index (κ3) is 7.78. The second-order valence-electron chi connectivity index (χ2n) is 3.06. The summed E-state index contributed by atoms with van der Waals surface area (Å²) >= 11 is 0. The molecule has 0 radical (unpaired) electrons. The lowest BCUT2D eigenvalue weighted by Crippen LogP contribution is -2.16. The zero-order chi connectivity index (χ0) is 10.1. The van der Waals surface area contributed by atoms with Crippen LogP contribution in [0, 0.1) is 0 Å². The topological polar surface area (TPSA) is 35.5 Å². The van der Waals surface area contributed by atoms with Crippen molar-refractivity contribution in [3.63, 3.8) is 0 Å². The minimum Gasteiger partial charge on any atom is -0.463 e. The Morgan fingerprint density at radius 3 is 2.54 bits per heavy atom. The van der Waals surface area contributed by atoms with Gasteiger partial charge in [0.2, 0.25) is 0 Å². The number of esters is 1. The fourth-order valence-electron chi connectivity index (χ4n) is 0.862. The molecule has 0 fully saturated rings. The van der Waals surface area contributed by atoms with E-state index in [4.69, 9.17) is 9.47 Å². The second kappa shape index (κ2) is 8.05. The molecule has 0 rings (SSSR count). The summed E-state index contributed by atoms with van der Waals surface area (Å²) in [5, 5.41) is 0. The van der Waals surface area contributed by atoms with E-state index in [0.29, 0.717) is 13.0 Å². The molecule has 13 heavy (non-hydrogen) atoms. The summed E-state index contributed by atoms with van der Waals surface area (Å²) in [5.74, 6) is -0.136. The summed E-state index contributed by atoms with van der Waals surface area (Å²) in [4.78, 5) is 10.8. The zero-order valence-corrected chi connectivity index (χ0v) is 8.84. The SMILES string of the molecule is CCCOCC[C@H](C)OC(=O)CC. The van der Waals surface area contributed by atoms with Gasteiger partial charge in [0.15, 0.2) is 0 Å².